The van der Waals surface area contributed by atoms with E-state index in [4.69, 9.17) is 0 Å². The molecule has 0 spiro atoms. The van der Waals surface area contributed by atoms with Gasteiger partial charge in [0.25, 0.3) is 0 Å². The van der Waals surface area contributed by atoms with Crippen molar-refractivity contribution in [3.63, 3.8) is 0 Å². The molecule has 0 bridgehead atoms. The van der Waals surface area contributed by atoms with Gasteiger partial charge < -0.3 is 10.2 Å². The molecule has 2 saturated heterocycles. The van der Waals surface area contributed by atoms with Crippen LogP contribution in [-0.4, -0.2) is 36.0 Å². The molecule has 2 heterocycles. The van der Waals surface area contributed by atoms with Crippen LogP contribution in [0.1, 0.15) is 32.6 Å². The number of amides is 1. The van der Waals surface area contributed by atoms with Crippen molar-refractivity contribution in [2.45, 2.75) is 44.7 Å². The fourth-order valence-electron chi connectivity index (χ4n) is 3.77. The van der Waals surface area contributed by atoms with Gasteiger partial charge in [-0.3, -0.25) is 4.79 Å². The van der Waals surface area contributed by atoms with Crippen LogP contribution >= 0.6 is 0 Å². The minimum Gasteiger partial charge on any atom is -0.335 e. The first-order chi connectivity index (χ1) is 8.27. The average molecular weight is 234 g/mol. The Morgan fingerprint density at radius 2 is 2.24 bits per heavy atom. The quantitative estimate of drug-likeness (QED) is 0.698. The first-order valence-corrected chi connectivity index (χ1v) is 6.95. The second kappa shape index (κ2) is 4.45. The molecule has 1 amide bonds. The Bertz CT molecular complexity index is 339. The van der Waals surface area contributed by atoms with Gasteiger partial charge >= 0.3 is 0 Å². The van der Waals surface area contributed by atoms with E-state index >= 15 is 0 Å². The fraction of sp³-hybridized carbons (Fsp3) is 0.786. The summed E-state index contributed by atoms with van der Waals surface area (Å²) in [5.74, 6) is 1.37. The highest BCUT2D eigenvalue weighted by atomic mass is 16.2. The predicted octanol–water partition coefficient (Wildman–Crippen LogP) is 1.55. The van der Waals surface area contributed by atoms with Crippen LogP contribution in [-0.2, 0) is 4.79 Å². The third kappa shape index (κ3) is 1.90. The van der Waals surface area contributed by atoms with Crippen molar-refractivity contribution >= 4 is 5.91 Å². The molecule has 1 aliphatic carbocycles. The molecule has 17 heavy (non-hydrogen) atoms. The molecule has 0 saturated carbocycles. The van der Waals surface area contributed by atoms with E-state index < -0.39 is 0 Å². The van der Waals surface area contributed by atoms with Gasteiger partial charge in [0.2, 0.25) is 5.91 Å². The van der Waals surface area contributed by atoms with Crippen LogP contribution in [0, 0.1) is 11.8 Å². The van der Waals surface area contributed by atoms with E-state index in [-0.39, 0.29) is 5.92 Å². The van der Waals surface area contributed by atoms with Crippen LogP contribution in [0.2, 0.25) is 0 Å². The SMILES string of the molecule is CC1CC2CNCC2N1C(=O)C1CC=CCC1. The number of carbonyl (C=O) groups excluding carboxylic acids is 1. The maximum absolute atomic E-state index is 12.6. The van der Waals surface area contributed by atoms with Crippen molar-refractivity contribution < 1.29 is 4.79 Å². The molecule has 0 aromatic carbocycles. The van der Waals surface area contributed by atoms with Crippen LogP contribution in [0.25, 0.3) is 0 Å². The molecule has 3 heteroatoms. The number of nitrogens with zero attached hydrogens (tertiary/aromatic N) is 1. The first kappa shape index (κ1) is 11.3. The number of fused-ring (bicyclic) bond motifs is 1. The van der Waals surface area contributed by atoms with Crippen LogP contribution in [0.5, 0.6) is 0 Å². The number of hydrogen-bond acceptors (Lipinski definition) is 2. The summed E-state index contributed by atoms with van der Waals surface area (Å²) in [5.41, 5.74) is 0. The zero-order valence-corrected chi connectivity index (χ0v) is 10.6. The lowest BCUT2D eigenvalue weighted by molar-refractivity contribution is -0.138. The van der Waals surface area contributed by atoms with E-state index in [2.05, 4.69) is 29.3 Å². The fourth-order valence-corrected chi connectivity index (χ4v) is 3.77. The second-order valence-corrected chi connectivity index (χ2v) is 5.80. The molecule has 2 fully saturated rings. The van der Waals surface area contributed by atoms with Gasteiger partial charge in [-0.05, 0) is 38.5 Å². The minimum atomic E-state index is 0.252. The Morgan fingerprint density at radius 1 is 1.35 bits per heavy atom. The van der Waals surface area contributed by atoms with Crippen LogP contribution < -0.4 is 5.32 Å². The molecule has 2 aliphatic heterocycles. The summed E-state index contributed by atoms with van der Waals surface area (Å²) in [7, 11) is 0. The molecule has 0 aromatic heterocycles. The van der Waals surface area contributed by atoms with Gasteiger partial charge in [-0.1, -0.05) is 12.2 Å². The van der Waals surface area contributed by atoms with E-state index in [0.29, 0.717) is 23.9 Å². The van der Waals surface area contributed by atoms with Gasteiger partial charge in [0.05, 0.1) is 0 Å². The van der Waals surface area contributed by atoms with Gasteiger partial charge in [0, 0.05) is 31.1 Å². The largest absolute Gasteiger partial charge is 0.335 e. The third-order valence-electron chi connectivity index (χ3n) is 4.65. The summed E-state index contributed by atoms with van der Waals surface area (Å²) in [4.78, 5) is 14.8. The molecule has 3 nitrogen and oxygen atoms in total. The number of rotatable bonds is 1. The Balaban J connectivity index is 1.73. The number of hydrogen-bond donors (Lipinski definition) is 1. The van der Waals surface area contributed by atoms with E-state index in [0.717, 1.165) is 32.4 Å². The summed E-state index contributed by atoms with van der Waals surface area (Å²) < 4.78 is 0. The number of nitrogens with one attached hydrogen (secondary N) is 1. The molecule has 0 radical (unpaired) electrons. The van der Waals surface area contributed by atoms with Crippen LogP contribution in [0.4, 0.5) is 0 Å². The summed E-state index contributed by atoms with van der Waals surface area (Å²) in [6.45, 7) is 4.32. The number of carbonyl (C=O) groups is 1. The van der Waals surface area contributed by atoms with Gasteiger partial charge in [-0.2, -0.15) is 0 Å². The van der Waals surface area contributed by atoms with Crippen molar-refractivity contribution in [1.82, 2.24) is 10.2 Å². The van der Waals surface area contributed by atoms with Crippen molar-refractivity contribution in [2.24, 2.45) is 11.8 Å². The third-order valence-corrected chi connectivity index (χ3v) is 4.65. The molecule has 0 aromatic rings. The zero-order chi connectivity index (χ0) is 11.8. The number of allylic oxidation sites excluding steroid dienone is 2. The lowest BCUT2D eigenvalue weighted by Gasteiger charge is -2.32. The molecule has 3 aliphatic rings. The Kier molecular flexibility index (Phi) is 2.95. The Labute approximate surface area is 103 Å². The maximum atomic E-state index is 12.6. The van der Waals surface area contributed by atoms with Crippen molar-refractivity contribution in [3.8, 4) is 0 Å². The molecule has 1 N–H and O–H groups in total. The minimum absolute atomic E-state index is 0.252. The molecule has 4 atom stereocenters. The highest BCUT2D eigenvalue weighted by molar-refractivity contribution is 5.80. The summed E-state index contributed by atoms with van der Waals surface area (Å²) in [5, 5.41) is 3.42. The summed E-state index contributed by atoms with van der Waals surface area (Å²) in [6.07, 6.45) is 8.64. The Morgan fingerprint density at radius 3 is 3.00 bits per heavy atom. The van der Waals surface area contributed by atoms with Crippen LogP contribution in [0.3, 0.4) is 0 Å². The zero-order valence-electron chi connectivity index (χ0n) is 10.6. The van der Waals surface area contributed by atoms with Gasteiger partial charge in [0.15, 0.2) is 0 Å². The smallest absolute Gasteiger partial charge is 0.226 e. The lowest BCUT2D eigenvalue weighted by Crippen LogP contribution is -2.45. The molecule has 3 rings (SSSR count). The van der Waals surface area contributed by atoms with Crippen molar-refractivity contribution in [3.05, 3.63) is 12.2 Å². The summed E-state index contributed by atoms with van der Waals surface area (Å²) in [6, 6.07) is 0.925. The topological polar surface area (TPSA) is 32.3 Å². The van der Waals surface area contributed by atoms with Crippen molar-refractivity contribution in [1.29, 1.82) is 0 Å². The second-order valence-electron chi connectivity index (χ2n) is 5.80. The number of likely N-dealkylation sites (tertiary alicyclic amines) is 1. The highest BCUT2D eigenvalue weighted by Gasteiger charge is 2.45. The predicted molar refractivity (Wildman–Crippen MR) is 67.6 cm³/mol. The normalized spacial score (nSPS) is 40.6. The lowest BCUT2D eigenvalue weighted by atomic mass is 9.92. The van der Waals surface area contributed by atoms with Crippen LogP contribution in [0.15, 0.2) is 12.2 Å². The summed E-state index contributed by atoms with van der Waals surface area (Å²) >= 11 is 0. The van der Waals surface area contributed by atoms with Gasteiger partial charge in [0.1, 0.15) is 0 Å². The van der Waals surface area contributed by atoms with Gasteiger partial charge in [-0.15, -0.1) is 0 Å². The molecular formula is C14H22N2O. The Hall–Kier alpha value is -0.830. The molecular weight excluding hydrogens is 212 g/mol. The van der Waals surface area contributed by atoms with E-state index in [1.54, 1.807) is 0 Å². The molecule has 4 unspecified atom stereocenters. The van der Waals surface area contributed by atoms with E-state index in [1.165, 1.54) is 6.42 Å². The molecule has 94 valence electrons. The van der Waals surface area contributed by atoms with E-state index in [1.807, 2.05) is 0 Å². The average Bonchev–Trinajstić information content (AvgIpc) is 2.89. The standard InChI is InChI=1S/C14H22N2O/c1-10-7-12-8-15-9-13(12)16(10)14(17)11-5-3-2-4-6-11/h2-3,10-13,15H,4-9H2,1H3. The van der Waals surface area contributed by atoms with Crippen molar-refractivity contribution in [2.75, 3.05) is 13.1 Å². The monoisotopic (exact) mass is 234 g/mol. The maximum Gasteiger partial charge on any atom is 0.226 e. The van der Waals surface area contributed by atoms with Gasteiger partial charge in [-0.25, -0.2) is 0 Å². The highest BCUT2D eigenvalue weighted by Crippen LogP contribution is 2.34. The van der Waals surface area contributed by atoms with E-state index in [9.17, 15) is 4.79 Å². The first-order valence-electron chi connectivity index (χ1n) is 6.95.